The number of carbonyl (C=O) groups is 1. The van der Waals surface area contributed by atoms with Crippen molar-refractivity contribution in [2.45, 2.75) is 18.8 Å². The molecular formula is C18H22N6O3S. The molecule has 28 heavy (non-hydrogen) atoms. The van der Waals surface area contributed by atoms with Crippen LogP contribution in [-0.2, 0) is 9.84 Å². The Kier molecular flexibility index (Phi) is 4.04. The monoisotopic (exact) mass is 402 g/mol. The number of sulfone groups is 1. The predicted octanol–water partition coefficient (Wildman–Crippen LogP) is 1.24. The van der Waals surface area contributed by atoms with Crippen LogP contribution in [0, 0.1) is 0 Å². The predicted molar refractivity (Wildman–Crippen MR) is 104 cm³/mol. The Hall–Kier alpha value is -2.62. The largest absolute Gasteiger partial charge is 0.345 e. The molecule has 0 bridgehead atoms. The van der Waals surface area contributed by atoms with Crippen LogP contribution >= 0.6 is 0 Å². The van der Waals surface area contributed by atoms with Crippen LogP contribution in [-0.4, -0.2) is 81.3 Å². The van der Waals surface area contributed by atoms with Crippen LogP contribution in [0.5, 0.6) is 0 Å². The van der Waals surface area contributed by atoms with Gasteiger partial charge in [-0.3, -0.25) is 4.40 Å². The number of nitrogens with one attached hydrogen (secondary N) is 1. The van der Waals surface area contributed by atoms with Crippen molar-refractivity contribution < 1.29 is 13.2 Å². The van der Waals surface area contributed by atoms with Crippen LogP contribution < -0.4 is 0 Å². The summed E-state index contributed by atoms with van der Waals surface area (Å²) in [6.45, 7) is 1.85. The van der Waals surface area contributed by atoms with Gasteiger partial charge in [0, 0.05) is 38.3 Å². The van der Waals surface area contributed by atoms with E-state index >= 15 is 0 Å². The van der Waals surface area contributed by atoms with Gasteiger partial charge in [-0.05, 0) is 18.9 Å². The third kappa shape index (κ3) is 2.92. The van der Waals surface area contributed by atoms with Gasteiger partial charge in [0.1, 0.15) is 5.82 Å². The highest BCUT2D eigenvalue weighted by Crippen LogP contribution is 2.29. The highest BCUT2D eigenvalue weighted by atomic mass is 32.2. The molecule has 2 fully saturated rings. The molecule has 0 unspecified atom stereocenters. The van der Waals surface area contributed by atoms with Crippen LogP contribution in [0.4, 0.5) is 4.79 Å². The van der Waals surface area contributed by atoms with E-state index in [0.29, 0.717) is 13.1 Å². The number of urea groups is 1. The zero-order valence-electron chi connectivity index (χ0n) is 15.4. The Labute approximate surface area is 162 Å². The number of amides is 2. The molecule has 2 amide bonds. The van der Waals surface area contributed by atoms with E-state index < -0.39 is 9.84 Å². The van der Waals surface area contributed by atoms with E-state index in [1.165, 1.54) is 0 Å². The van der Waals surface area contributed by atoms with Crippen molar-refractivity contribution in [3.05, 3.63) is 30.5 Å². The number of rotatable bonds is 1. The number of hydrogen-bond donors (Lipinski definition) is 1. The number of aromatic nitrogens is 4. The molecule has 5 rings (SSSR count). The molecule has 0 spiro atoms. The van der Waals surface area contributed by atoms with Gasteiger partial charge in [0.15, 0.2) is 15.5 Å². The minimum absolute atomic E-state index is 0.0549. The Morgan fingerprint density at radius 3 is 2.71 bits per heavy atom. The van der Waals surface area contributed by atoms with E-state index in [0.717, 1.165) is 35.3 Å². The average Bonchev–Trinajstić information content (AvgIpc) is 3.33. The molecule has 0 aromatic carbocycles. The quantitative estimate of drug-likeness (QED) is 0.660. The number of imidazole rings is 1. The number of likely N-dealkylation sites (tertiary alicyclic amines) is 1. The van der Waals surface area contributed by atoms with Gasteiger partial charge in [0.25, 0.3) is 0 Å². The lowest BCUT2D eigenvalue weighted by molar-refractivity contribution is 0.140. The lowest BCUT2D eigenvalue weighted by atomic mass is 9.97. The lowest BCUT2D eigenvalue weighted by Gasteiger charge is -2.37. The molecule has 2 aliphatic rings. The van der Waals surface area contributed by atoms with Gasteiger partial charge < -0.3 is 14.8 Å². The summed E-state index contributed by atoms with van der Waals surface area (Å²) in [6.07, 6.45) is 7.35. The Morgan fingerprint density at radius 2 is 1.89 bits per heavy atom. The van der Waals surface area contributed by atoms with Crippen LogP contribution in [0.3, 0.4) is 0 Å². The Balaban J connectivity index is 1.40. The molecule has 0 saturated carbocycles. The summed E-state index contributed by atoms with van der Waals surface area (Å²) in [7, 11) is -3.00. The van der Waals surface area contributed by atoms with Crippen LogP contribution in [0.2, 0.25) is 0 Å². The van der Waals surface area contributed by atoms with E-state index in [-0.39, 0.29) is 36.5 Å². The fraction of sp³-hybridized carbons (Fsp3) is 0.500. The normalized spacial score (nSPS) is 22.8. The minimum atomic E-state index is -3.00. The molecular weight excluding hydrogens is 380 g/mol. The van der Waals surface area contributed by atoms with Crippen LogP contribution in [0.1, 0.15) is 24.6 Å². The van der Waals surface area contributed by atoms with E-state index in [4.69, 9.17) is 0 Å². The summed E-state index contributed by atoms with van der Waals surface area (Å²) >= 11 is 0. The van der Waals surface area contributed by atoms with Crippen molar-refractivity contribution in [3.63, 3.8) is 0 Å². The third-order valence-corrected chi connectivity index (χ3v) is 7.37. The van der Waals surface area contributed by atoms with Crippen LogP contribution in [0.15, 0.2) is 24.7 Å². The SMILES string of the molecule is O=C(N1CCS(=O)(=O)CC1)N1CCC[C@@H](c2ncc3cnc4[nH]ccc4n23)C1. The maximum absolute atomic E-state index is 12.9. The maximum atomic E-state index is 12.9. The van der Waals surface area contributed by atoms with Crippen molar-refractivity contribution in [2.24, 2.45) is 0 Å². The first-order valence-electron chi connectivity index (χ1n) is 9.55. The van der Waals surface area contributed by atoms with Gasteiger partial charge in [-0.25, -0.2) is 23.2 Å². The highest BCUT2D eigenvalue weighted by molar-refractivity contribution is 7.91. The van der Waals surface area contributed by atoms with Gasteiger partial charge in [-0.2, -0.15) is 0 Å². The standard InChI is InChI=1S/C18H22N6O3S/c25-18(22-6-8-28(26,27)9-7-22)23-5-1-2-13(12-23)17-21-11-14-10-20-16-15(24(14)17)3-4-19-16/h3-4,10-11,13,19H,1-2,5-9,12H2/t13-/m1/s1. The summed E-state index contributed by atoms with van der Waals surface area (Å²) in [6, 6.07) is 1.93. The number of piperidine rings is 1. The van der Waals surface area contributed by atoms with Crippen molar-refractivity contribution in [3.8, 4) is 0 Å². The van der Waals surface area contributed by atoms with Gasteiger partial charge in [0.2, 0.25) is 0 Å². The first kappa shape index (κ1) is 17.5. The number of aromatic amines is 1. The summed E-state index contributed by atoms with van der Waals surface area (Å²) in [5.74, 6) is 1.19. The first-order valence-corrected chi connectivity index (χ1v) is 11.4. The summed E-state index contributed by atoms with van der Waals surface area (Å²) in [4.78, 5) is 28.6. The Bertz CT molecular complexity index is 1140. The van der Waals surface area contributed by atoms with E-state index in [1.807, 2.05) is 23.4 Å². The fourth-order valence-electron chi connectivity index (χ4n) is 4.25. The molecule has 10 heteroatoms. The van der Waals surface area contributed by atoms with Crippen molar-refractivity contribution in [2.75, 3.05) is 37.7 Å². The molecule has 3 aromatic heterocycles. The lowest BCUT2D eigenvalue weighted by Crippen LogP contribution is -2.52. The minimum Gasteiger partial charge on any atom is -0.345 e. The topological polar surface area (TPSA) is 104 Å². The average molecular weight is 402 g/mol. The first-order chi connectivity index (χ1) is 13.5. The van der Waals surface area contributed by atoms with E-state index in [1.54, 1.807) is 11.1 Å². The Morgan fingerprint density at radius 1 is 1.11 bits per heavy atom. The number of fused-ring (bicyclic) bond motifs is 3. The van der Waals surface area contributed by atoms with Crippen molar-refractivity contribution in [1.29, 1.82) is 0 Å². The second-order valence-electron chi connectivity index (χ2n) is 7.55. The molecule has 148 valence electrons. The molecule has 3 aromatic rings. The smallest absolute Gasteiger partial charge is 0.320 e. The molecule has 9 nitrogen and oxygen atoms in total. The van der Waals surface area contributed by atoms with Gasteiger partial charge in [-0.1, -0.05) is 0 Å². The van der Waals surface area contributed by atoms with Crippen molar-refractivity contribution in [1.82, 2.24) is 29.2 Å². The summed E-state index contributed by atoms with van der Waals surface area (Å²) in [5.41, 5.74) is 2.73. The highest BCUT2D eigenvalue weighted by Gasteiger charge is 2.32. The summed E-state index contributed by atoms with van der Waals surface area (Å²) in [5, 5.41) is 0. The van der Waals surface area contributed by atoms with E-state index in [9.17, 15) is 13.2 Å². The molecule has 0 radical (unpaired) electrons. The molecule has 2 saturated heterocycles. The second kappa shape index (κ2) is 6.47. The zero-order chi connectivity index (χ0) is 19.3. The second-order valence-corrected chi connectivity index (χ2v) is 9.86. The summed E-state index contributed by atoms with van der Waals surface area (Å²) < 4.78 is 25.4. The number of H-pyrrole nitrogens is 1. The molecule has 1 atom stereocenters. The number of carbonyl (C=O) groups excluding carboxylic acids is 1. The maximum Gasteiger partial charge on any atom is 0.320 e. The fourth-order valence-corrected chi connectivity index (χ4v) is 5.46. The number of hydrogen-bond acceptors (Lipinski definition) is 5. The molecule has 1 N–H and O–H groups in total. The third-order valence-electron chi connectivity index (χ3n) is 5.76. The van der Waals surface area contributed by atoms with Gasteiger partial charge >= 0.3 is 6.03 Å². The zero-order valence-corrected chi connectivity index (χ0v) is 16.2. The van der Waals surface area contributed by atoms with Crippen LogP contribution in [0.25, 0.3) is 16.7 Å². The number of nitrogens with zero attached hydrogens (tertiary/aromatic N) is 5. The van der Waals surface area contributed by atoms with Gasteiger partial charge in [0.05, 0.1) is 34.9 Å². The molecule has 0 aliphatic carbocycles. The van der Waals surface area contributed by atoms with Gasteiger partial charge in [-0.15, -0.1) is 0 Å². The van der Waals surface area contributed by atoms with Crippen molar-refractivity contribution >= 4 is 32.5 Å². The molecule has 2 aliphatic heterocycles. The van der Waals surface area contributed by atoms with E-state index in [2.05, 4.69) is 19.4 Å². The molecule has 5 heterocycles.